The molecule has 0 heterocycles. The van der Waals surface area contributed by atoms with Crippen LogP contribution in [0.25, 0.3) is 0 Å². The average Bonchev–Trinajstić information content (AvgIpc) is 2.93. The van der Waals surface area contributed by atoms with Crippen LogP contribution in [0, 0.1) is 11.3 Å². The van der Waals surface area contributed by atoms with Gasteiger partial charge in [0.1, 0.15) is 5.92 Å². The second-order valence-electron chi connectivity index (χ2n) is 4.03. The number of hydrogen-bond acceptors (Lipinski definition) is 1. The highest BCUT2D eigenvalue weighted by molar-refractivity contribution is 5.85. The van der Waals surface area contributed by atoms with Crippen molar-refractivity contribution in [1.82, 2.24) is 5.32 Å². The molecule has 2 fully saturated rings. The first-order chi connectivity index (χ1) is 6.56. The highest BCUT2D eigenvalue weighted by Crippen LogP contribution is 2.79. The number of carbonyl (C=O) groups excluding carboxylic acids is 1. The molecule has 1 spiro atoms. The molecule has 2 nitrogen and oxygen atoms in total. The van der Waals surface area contributed by atoms with Gasteiger partial charge in [0.25, 0.3) is 5.92 Å². The number of carbonyl (C=O) groups is 1. The molecule has 1 unspecified atom stereocenters. The normalized spacial score (nSPS) is 30.6. The van der Waals surface area contributed by atoms with Gasteiger partial charge in [-0.3, -0.25) is 4.79 Å². The van der Waals surface area contributed by atoms with Crippen molar-refractivity contribution in [2.45, 2.75) is 25.7 Å². The third-order valence-corrected chi connectivity index (χ3v) is 3.18. The third-order valence-electron chi connectivity index (χ3n) is 3.18. The number of nitrogens with one attached hydrogen (secondary N) is 1. The molecule has 0 aromatic rings. The van der Waals surface area contributed by atoms with Gasteiger partial charge >= 0.3 is 0 Å². The summed E-state index contributed by atoms with van der Waals surface area (Å²) in [6.45, 7) is 2.16. The van der Waals surface area contributed by atoms with Gasteiger partial charge in [0, 0.05) is 6.54 Å². The van der Waals surface area contributed by atoms with Crippen LogP contribution in [0.5, 0.6) is 0 Å². The first-order valence-electron chi connectivity index (χ1n) is 4.83. The van der Waals surface area contributed by atoms with Crippen molar-refractivity contribution in [2.24, 2.45) is 11.3 Å². The molecule has 78 valence electrons. The predicted molar refractivity (Wildman–Crippen MR) is 47.9 cm³/mol. The Balaban J connectivity index is 1.89. The molecular weight excluding hydrogens is 188 g/mol. The van der Waals surface area contributed by atoms with E-state index in [1.54, 1.807) is 12.2 Å². The lowest BCUT2D eigenvalue weighted by molar-refractivity contribution is -0.124. The molecular formula is C10H13F2NO. The standard InChI is InChI=1S/C10H13F2NO/c1-2-3-6-13-8(14)7-9(4-5-9)10(7,11)12/h2-3,7H,4-6H2,1H3,(H,13,14)/b3-2+. The zero-order valence-electron chi connectivity index (χ0n) is 8.02. The smallest absolute Gasteiger partial charge is 0.266 e. The maximum Gasteiger partial charge on any atom is 0.266 e. The number of allylic oxidation sites excluding steroid dienone is 1. The SMILES string of the molecule is C/C=C/CNC(=O)C1C(F)(F)C12CC2. The first kappa shape index (κ1) is 9.62. The number of amides is 1. The van der Waals surface area contributed by atoms with Crippen LogP contribution in [-0.2, 0) is 4.79 Å². The van der Waals surface area contributed by atoms with Crippen molar-refractivity contribution < 1.29 is 13.6 Å². The molecule has 2 rings (SSSR count). The quantitative estimate of drug-likeness (QED) is 0.692. The van der Waals surface area contributed by atoms with Gasteiger partial charge in [-0.25, -0.2) is 8.78 Å². The van der Waals surface area contributed by atoms with Gasteiger partial charge in [-0.2, -0.15) is 0 Å². The lowest BCUT2D eigenvalue weighted by Crippen LogP contribution is -2.27. The van der Waals surface area contributed by atoms with Crippen molar-refractivity contribution in [2.75, 3.05) is 6.54 Å². The molecule has 4 heteroatoms. The van der Waals surface area contributed by atoms with Gasteiger partial charge in [0.15, 0.2) is 0 Å². The monoisotopic (exact) mass is 201 g/mol. The summed E-state index contributed by atoms with van der Waals surface area (Å²) in [5.41, 5.74) is -0.937. The molecule has 1 atom stereocenters. The Bertz CT molecular complexity index is 290. The zero-order valence-corrected chi connectivity index (χ0v) is 8.02. The van der Waals surface area contributed by atoms with Gasteiger partial charge in [-0.15, -0.1) is 0 Å². The number of hydrogen-bond donors (Lipinski definition) is 1. The Hall–Kier alpha value is -0.930. The fourth-order valence-corrected chi connectivity index (χ4v) is 2.06. The molecule has 0 aromatic heterocycles. The van der Waals surface area contributed by atoms with Gasteiger partial charge in [-0.05, 0) is 19.8 Å². The lowest BCUT2D eigenvalue weighted by Gasteiger charge is -1.99. The summed E-state index contributed by atoms with van der Waals surface area (Å²) >= 11 is 0. The molecule has 0 saturated heterocycles. The van der Waals surface area contributed by atoms with E-state index in [2.05, 4.69) is 5.32 Å². The number of alkyl halides is 2. The van der Waals surface area contributed by atoms with Crippen molar-refractivity contribution in [3.63, 3.8) is 0 Å². The molecule has 0 bridgehead atoms. The van der Waals surface area contributed by atoms with E-state index in [4.69, 9.17) is 0 Å². The van der Waals surface area contributed by atoms with E-state index in [0.717, 1.165) is 0 Å². The van der Waals surface area contributed by atoms with Gasteiger partial charge in [0.2, 0.25) is 5.91 Å². The van der Waals surface area contributed by atoms with Crippen LogP contribution in [0.1, 0.15) is 19.8 Å². The Morgan fingerprint density at radius 1 is 1.57 bits per heavy atom. The molecule has 0 radical (unpaired) electrons. The molecule has 14 heavy (non-hydrogen) atoms. The second kappa shape index (κ2) is 2.78. The van der Waals surface area contributed by atoms with Crippen LogP contribution in [0.3, 0.4) is 0 Å². The summed E-state index contributed by atoms with van der Waals surface area (Å²) in [5.74, 6) is -4.29. The lowest BCUT2D eigenvalue weighted by atomic mass is 10.3. The van der Waals surface area contributed by atoms with Gasteiger partial charge in [0.05, 0.1) is 5.41 Å². The maximum absolute atomic E-state index is 13.1. The minimum absolute atomic E-state index is 0.345. The fourth-order valence-electron chi connectivity index (χ4n) is 2.06. The van der Waals surface area contributed by atoms with E-state index in [0.29, 0.717) is 19.4 Å². The van der Waals surface area contributed by atoms with Gasteiger partial charge in [-0.1, -0.05) is 12.2 Å². The van der Waals surface area contributed by atoms with Crippen LogP contribution in [-0.4, -0.2) is 18.4 Å². The Labute approximate surface area is 81.4 Å². The molecule has 0 aliphatic heterocycles. The minimum atomic E-state index is -2.74. The summed E-state index contributed by atoms with van der Waals surface area (Å²) in [4.78, 5) is 11.3. The predicted octanol–water partition coefficient (Wildman–Crippen LogP) is 1.72. The Morgan fingerprint density at radius 2 is 2.21 bits per heavy atom. The highest BCUT2D eigenvalue weighted by Gasteiger charge is 2.88. The second-order valence-corrected chi connectivity index (χ2v) is 4.03. The third kappa shape index (κ3) is 1.09. The van der Waals surface area contributed by atoms with E-state index < -0.39 is 23.2 Å². The summed E-state index contributed by atoms with van der Waals surface area (Å²) in [6.07, 6.45) is 4.51. The highest BCUT2D eigenvalue weighted by atomic mass is 19.3. The average molecular weight is 201 g/mol. The zero-order chi connectivity index (χ0) is 10.4. The van der Waals surface area contributed by atoms with Crippen LogP contribution in [0.2, 0.25) is 0 Å². The van der Waals surface area contributed by atoms with E-state index >= 15 is 0 Å². The van der Waals surface area contributed by atoms with Crippen molar-refractivity contribution >= 4 is 5.91 Å². The van der Waals surface area contributed by atoms with Crippen molar-refractivity contribution in [3.8, 4) is 0 Å². The summed E-state index contributed by atoms with van der Waals surface area (Å²) in [5, 5.41) is 2.49. The van der Waals surface area contributed by atoms with Crippen LogP contribution in [0.15, 0.2) is 12.2 Å². The topological polar surface area (TPSA) is 29.1 Å². The van der Waals surface area contributed by atoms with E-state index in [1.165, 1.54) is 0 Å². The van der Waals surface area contributed by atoms with Crippen molar-refractivity contribution in [1.29, 1.82) is 0 Å². The molecule has 1 amide bonds. The molecule has 2 aliphatic carbocycles. The van der Waals surface area contributed by atoms with Crippen LogP contribution in [0.4, 0.5) is 8.78 Å². The molecule has 2 aliphatic rings. The molecule has 2 saturated carbocycles. The Morgan fingerprint density at radius 3 is 2.64 bits per heavy atom. The van der Waals surface area contributed by atoms with E-state index in [-0.39, 0.29) is 0 Å². The maximum atomic E-state index is 13.1. The van der Waals surface area contributed by atoms with Crippen LogP contribution < -0.4 is 5.32 Å². The van der Waals surface area contributed by atoms with Crippen LogP contribution >= 0.6 is 0 Å². The first-order valence-corrected chi connectivity index (χ1v) is 4.83. The number of rotatable bonds is 3. The van der Waals surface area contributed by atoms with Gasteiger partial charge < -0.3 is 5.32 Å². The fraction of sp³-hybridized carbons (Fsp3) is 0.700. The van der Waals surface area contributed by atoms with E-state index in [9.17, 15) is 13.6 Å². The minimum Gasteiger partial charge on any atom is -0.352 e. The summed E-state index contributed by atoms with van der Waals surface area (Å²) < 4.78 is 26.2. The molecule has 0 aromatic carbocycles. The summed E-state index contributed by atoms with van der Waals surface area (Å²) in [7, 11) is 0. The van der Waals surface area contributed by atoms with E-state index in [1.807, 2.05) is 6.92 Å². The summed E-state index contributed by atoms with van der Waals surface area (Å²) in [6, 6.07) is 0. The molecule has 1 N–H and O–H groups in total. The largest absolute Gasteiger partial charge is 0.352 e. The number of halogens is 2. The Kier molecular flexibility index (Phi) is 1.91. The van der Waals surface area contributed by atoms with Crippen molar-refractivity contribution in [3.05, 3.63) is 12.2 Å².